The number of anilines is 4. The lowest BCUT2D eigenvalue weighted by atomic mass is 10.0. The van der Waals surface area contributed by atoms with Crippen LogP contribution in [0.15, 0.2) is 132 Å². The molecule has 0 aliphatic rings. The van der Waals surface area contributed by atoms with E-state index in [0.29, 0.717) is 54.2 Å². The SMILES string of the molecule is OCCNCc1cc2c(Nc3cccc(-c4ccc(OCCNCc5coc6c(Nc7cccc(-c8ccccc8)c7Cl)nccc56)cc4)c3Cl)nccc2s1. The predicted molar refractivity (Wildman–Crippen MR) is 230 cm³/mol. The zero-order chi connectivity index (χ0) is 38.3. The summed E-state index contributed by atoms with van der Waals surface area (Å²) >= 11 is 15.5. The van der Waals surface area contributed by atoms with Crippen LogP contribution in [0.5, 0.6) is 5.75 Å². The van der Waals surface area contributed by atoms with Gasteiger partial charge in [-0.05, 0) is 53.6 Å². The van der Waals surface area contributed by atoms with Crippen molar-refractivity contribution in [2.24, 2.45) is 0 Å². The fraction of sp³-hybridized carbons (Fsp3) is 0.136. The molecule has 8 aromatic rings. The Morgan fingerprint density at radius 2 is 1.36 bits per heavy atom. The van der Waals surface area contributed by atoms with Gasteiger partial charge in [0.25, 0.3) is 0 Å². The highest BCUT2D eigenvalue weighted by atomic mass is 35.5. The van der Waals surface area contributed by atoms with Gasteiger partial charge in [-0.3, -0.25) is 0 Å². The molecule has 0 amide bonds. The molecule has 0 fully saturated rings. The van der Waals surface area contributed by atoms with Crippen molar-refractivity contribution in [3.63, 3.8) is 0 Å². The fourth-order valence-electron chi connectivity index (χ4n) is 6.50. The van der Waals surface area contributed by atoms with Gasteiger partial charge in [-0.15, -0.1) is 11.3 Å². The highest BCUT2D eigenvalue weighted by Gasteiger charge is 2.15. The van der Waals surface area contributed by atoms with Crippen LogP contribution in [0.25, 0.3) is 43.3 Å². The van der Waals surface area contributed by atoms with Gasteiger partial charge in [0.1, 0.15) is 18.2 Å². The molecule has 4 heterocycles. The Labute approximate surface area is 338 Å². The second kappa shape index (κ2) is 17.6. The number of fused-ring (bicyclic) bond motifs is 2. The van der Waals surface area contributed by atoms with Crippen molar-refractivity contribution < 1.29 is 14.3 Å². The Bertz CT molecular complexity index is 2580. The lowest BCUT2D eigenvalue weighted by Crippen LogP contribution is -2.20. The number of thiophene rings is 1. The number of furan rings is 1. The van der Waals surface area contributed by atoms with Gasteiger partial charge in [0.2, 0.25) is 0 Å². The normalized spacial score (nSPS) is 11.3. The Hall–Kier alpha value is -5.46. The Balaban J connectivity index is 0.857. The molecule has 0 spiro atoms. The van der Waals surface area contributed by atoms with Crippen LogP contribution in [-0.2, 0) is 13.1 Å². The number of rotatable bonds is 16. The molecule has 8 rings (SSSR count). The number of hydrogen-bond donors (Lipinski definition) is 5. The number of nitrogens with zero attached hydrogens (tertiary/aromatic N) is 2. The molecule has 0 saturated heterocycles. The first-order valence-electron chi connectivity index (χ1n) is 18.2. The predicted octanol–water partition coefficient (Wildman–Crippen LogP) is 10.8. The smallest absolute Gasteiger partial charge is 0.176 e. The van der Waals surface area contributed by atoms with Gasteiger partial charge < -0.3 is 35.5 Å². The number of ether oxygens (including phenoxy) is 1. The van der Waals surface area contributed by atoms with E-state index in [1.807, 2.05) is 103 Å². The number of aliphatic hydroxyl groups excluding tert-OH is 1. The van der Waals surface area contributed by atoms with Gasteiger partial charge in [0, 0.05) is 75.6 Å². The molecule has 0 aliphatic heterocycles. The number of aromatic nitrogens is 2. The average Bonchev–Trinajstić information content (AvgIpc) is 3.85. The molecule has 0 bridgehead atoms. The van der Waals surface area contributed by atoms with Gasteiger partial charge in [-0.25, -0.2) is 9.97 Å². The molecule has 0 unspecified atom stereocenters. The van der Waals surface area contributed by atoms with Crippen LogP contribution in [0.4, 0.5) is 23.0 Å². The van der Waals surface area contributed by atoms with E-state index < -0.39 is 0 Å². The highest BCUT2D eigenvalue weighted by Crippen LogP contribution is 2.39. The standard InChI is InChI=1S/C44H38Cl2N6O3S/c45-40-33(28-6-2-1-3-7-28)8-4-11-38(40)52-44-42-35(16-18-50-44)30(27-55-42)25-48-21-23-54-31-14-12-29(13-15-31)34-9-5-10-37(41(34)46)51-43-36-24-32(26-47-20-22-53)56-39(36)17-19-49-43/h1-19,24,27,47-48,53H,20-23,25-26H2,(H,49,51)(H,50,52). The second-order valence-electron chi connectivity index (χ2n) is 13.0. The maximum absolute atomic E-state index is 9.10. The number of halogens is 2. The van der Waals surface area contributed by atoms with E-state index in [0.717, 1.165) is 66.2 Å². The van der Waals surface area contributed by atoms with Crippen molar-refractivity contribution in [2.45, 2.75) is 13.1 Å². The van der Waals surface area contributed by atoms with E-state index >= 15 is 0 Å². The molecular weight excluding hydrogens is 763 g/mol. The van der Waals surface area contributed by atoms with Crippen molar-refractivity contribution in [3.05, 3.63) is 148 Å². The molecule has 4 aromatic carbocycles. The molecule has 5 N–H and O–H groups in total. The Morgan fingerprint density at radius 3 is 2.11 bits per heavy atom. The van der Waals surface area contributed by atoms with Crippen LogP contribution in [0.3, 0.4) is 0 Å². The molecule has 0 saturated carbocycles. The summed E-state index contributed by atoms with van der Waals surface area (Å²) in [6, 6.07) is 35.9. The quantitative estimate of drug-likeness (QED) is 0.0609. The molecule has 0 atom stereocenters. The third-order valence-electron chi connectivity index (χ3n) is 9.27. The first-order valence-corrected chi connectivity index (χ1v) is 19.8. The van der Waals surface area contributed by atoms with Crippen LogP contribution in [0, 0.1) is 0 Å². The van der Waals surface area contributed by atoms with Gasteiger partial charge in [-0.2, -0.15) is 0 Å². The molecular formula is C44H38Cl2N6O3S. The van der Waals surface area contributed by atoms with Crippen LogP contribution >= 0.6 is 34.5 Å². The first kappa shape index (κ1) is 37.5. The van der Waals surface area contributed by atoms with Crippen molar-refractivity contribution in [3.8, 4) is 28.0 Å². The number of benzene rings is 4. The van der Waals surface area contributed by atoms with Crippen LogP contribution < -0.4 is 26.0 Å². The van der Waals surface area contributed by atoms with E-state index in [2.05, 4.69) is 37.3 Å². The molecule has 9 nitrogen and oxygen atoms in total. The molecule has 282 valence electrons. The molecule has 0 radical (unpaired) electrons. The number of nitrogens with one attached hydrogen (secondary N) is 4. The zero-order valence-electron chi connectivity index (χ0n) is 30.2. The zero-order valence-corrected chi connectivity index (χ0v) is 32.5. The number of aliphatic hydroxyl groups is 1. The van der Waals surface area contributed by atoms with Crippen LogP contribution in [0.2, 0.25) is 10.0 Å². The van der Waals surface area contributed by atoms with E-state index in [1.165, 1.54) is 4.88 Å². The Kier molecular flexibility index (Phi) is 11.7. The maximum Gasteiger partial charge on any atom is 0.176 e. The van der Waals surface area contributed by atoms with Crippen molar-refractivity contribution >= 4 is 78.6 Å². The number of hydrogen-bond acceptors (Lipinski definition) is 10. The summed E-state index contributed by atoms with van der Waals surface area (Å²) in [6.45, 7) is 3.08. The van der Waals surface area contributed by atoms with E-state index in [4.69, 9.17) is 37.5 Å². The lowest BCUT2D eigenvalue weighted by molar-refractivity contribution is 0.292. The highest BCUT2D eigenvalue weighted by molar-refractivity contribution is 7.19. The molecule has 4 aromatic heterocycles. The first-order chi connectivity index (χ1) is 27.6. The van der Waals surface area contributed by atoms with Gasteiger partial charge in [0.15, 0.2) is 11.4 Å². The third kappa shape index (κ3) is 8.36. The minimum absolute atomic E-state index is 0.107. The van der Waals surface area contributed by atoms with Crippen molar-refractivity contribution in [1.82, 2.24) is 20.6 Å². The average molecular weight is 802 g/mol. The summed E-state index contributed by atoms with van der Waals surface area (Å²) in [5, 5.41) is 25.8. The topological polar surface area (TPSA) is 116 Å². The fourth-order valence-corrected chi connectivity index (χ4v) is 8.10. The number of pyridine rings is 2. The maximum atomic E-state index is 9.10. The summed E-state index contributed by atoms with van der Waals surface area (Å²) in [6.07, 6.45) is 5.33. The summed E-state index contributed by atoms with van der Waals surface area (Å²) in [7, 11) is 0. The van der Waals surface area contributed by atoms with Crippen LogP contribution in [-0.4, -0.2) is 41.4 Å². The largest absolute Gasteiger partial charge is 0.492 e. The van der Waals surface area contributed by atoms with Gasteiger partial charge >= 0.3 is 0 Å². The summed E-state index contributed by atoms with van der Waals surface area (Å²) < 4.78 is 13.2. The van der Waals surface area contributed by atoms with Crippen molar-refractivity contribution in [1.29, 1.82) is 0 Å². The molecule has 12 heteroatoms. The van der Waals surface area contributed by atoms with E-state index in [1.54, 1.807) is 30.0 Å². The Morgan fingerprint density at radius 1 is 0.679 bits per heavy atom. The van der Waals surface area contributed by atoms with E-state index in [-0.39, 0.29) is 6.61 Å². The second-order valence-corrected chi connectivity index (χ2v) is 14.9. The minimum Gasteiger partial charge on any atom is -0.492 e. The monoisotopic (exact) mass is 800 g/mol. The third-order valence-corrected chi connectivity index (χ3v) is 11.2. The summed E-state index contributed by atoms with van der Waals surface area (Å²) in [5.74, 6) is 2.11. The summed E-state index contributed by atoms with van der Waals surface area (Å²) in [5.41, 5.74) is 7.07. The molecule has 0 aliphatic carbocycles. The lowest BCUT2D eigenvalue weighted by Gasteiger charge is -2.13. The van der Waals surface area contributed by atoms with Gasteiger partial charge in [-0.1, -0.05) is 89.9 Å². The molecule has 56 heavy (non-hydrogen) atoms. The van der Waals surface area contributed by atoms with Gasteiger partial charge in [0.05, 0.1) is 34.3 Å². The van der Waals surface area contributed by atoms with Crippen LogP contribution in [0.1, 0.15) is 10.4 Å². The minimum atomic E-state index is 0.107. The van der Waals surface area contributed by atoms with Crippen molar-refractivity contribution in [2.75, 3.05) is 36.9 Å². The van der Waals surface area contributed by atoms with E-state index in [9.17, 15) is 0 Å². The summed E-state index contributed by atoms with van der Waals surface area (Å²) in [4.78, 5) is 10.3.